The fourth-order valence-corrected chi connectivity index (χ4v) is 4.26. The van der Waals surface area contributed by atoms with E-state index in [2.05, 4.69) is 5.32 Å². The largest absolute Gasteiger partial charge is 0.467 e. The number of methoxy groups -OCH3 is 1. The van der Waals surface area contributed by atoms with Crippen LogP contribution in [0, 0.1) is 0 Å². The summed E-state index contributed by atoms with van der Waals surface area (Å²) in [7, 11) is 1.36. The third-order valence-electron chi connectivity index (χ3n) is 3.87. The number of nitrogens with one attached hydrogen (secondary N) is 1. The Labute approximate surface area is 140 Å². The Kier molecular flexibility index (Phi) is 6.76. The van der Waals surface area contributed by atoms with Crippen molar-refractivity contribution >= 4 is 35.0 Å². The molecule has 0 saturated heterocycles. The van der Waals surface area contributed by atoms with Gasteiger partial charge in [-0.15, -0.1) is 11.3 Å². The van der Waals surface area contributed by atoms with Crippen molar-refractivity contribution in [1.29, 1.82) is 0 Å². The van der Waals surface area contributed by atoms with Gasteiger partial charge in [-0.05, 0) is 55.7 Å². The van der Waals surface area contributed by atoms with E-state index < -0.39 is 6.04 Å². The number of carbonyl (C=O) groups excluding carboxylic acids is 2. The van der Waals surface area contributed by atoms with Crippen LogP contribution in [-0.2, 0) is 22.4 Å². The molecule has 122 valence electrons. The van der Waals surface area contributed by atoms with Crippen LogP contribution < -0.4 is 5.32 Å². The fourth-order valence-electron chi connectivity index (χ4n) is 2.64. The van der Waals surface area contributed by atoms with Crippen LogP contribution in [0.5, 0.6) is 0 Å². The highest BCUT2D eigenvalue weighted by Gasteiger charge is 2.23. The molecule has 1 heterocycles. The molecule has 0 unspecified atom stereocenters. The second-order valence-corrected chi connectivity index (χ2v) is 7.57. The molecule has 1 atom stereocenters. The van der Waals surface area contributed by atoms with Crippen molar-refractivity contribution in [2.24, 2.45) is 0 Å². The summed E-state index contributed by atoms with van der Waals surface area (Å²) in [6.07, 6.45) is 8.36. The molecule has 1 N–H and O–H groups in total. The SMILES string of the molecule is COC(=O)[C@@H](CCSC)NC(=O)c1cc2c(s1)CCCCC2. The van der Waals surface area contributed by atoms with E-state index in [0.717, 1.165) is 18.6 Å². The molecule has 0 fully saturated rings. The van der Waals surface area contributed by atoms with E-state index in [1.807, 2.05) is 12.3 Å². The Morgan fingerprint density at radius 2 is 2.14 bits per heavy atom. The molecule has 1 aromatic rings. The predicted octanol–water partition coefficient (Wildman–Crippen LogP) is 3.04. The van der Waals surface area contributed by atoms with E-state index in [1.54, 1.807) is 23.1 Å². The maximum atomic E-state index is 12.4. The number of rotatable bonds is 6. The van der Waals surface area contributed by atoms with Crippen molar-refractivity contribution in [3.8, 4) is 0 Å². The van der Waals surface area contributed by atoms with Gasteiger partial charge < -0.3 is 10.1 Å². The number of fused-ring (bicyclic) bond motifs is 1. The molecule has 2 rings (SSSR count). The quantitative estimate of drug-likeness (QED) is 0.638. The molecule has 1 amide bonds. The molecule has 1 aliphatic rings. The van der Waals surface area contributed by atoms with Gasteiger partial charge in [0.2, 0.25) is 0 Å². The van der Waals surface area contributed by atoms with Gasteiger partial charge in [0.05, 0.1) is 12.0 Å². The molecule has 0 aromatic carbocycles. The second-order valence-electron chi connectivity index (χ2n) is 5.45. The zero-order valence-electron chi connectivity index (χ0n) is 13.1. The van der Waals surface area contributed by atoms with Crippen molar-refractivity contribution in [2.45, 2.75) is 44.6 Å². The minimum atomic E-state index is -0.563. The van der Waals surface area contributed by atoms with Crippen LogP contribution >= 0.6 is 23.1 Å². The van der Waals surface area contributed by atoms with Crippen LogP contribution in [-0.4, -0.2) is 37.0 Å². The Balaban J connectivity index is 2.04. The number of hydrogen-bond donors (Lipinski definition) is 1. The summed E-state index contributed by atoms with van der Waals surface area (Å²) in [4.78, 5) is 26.3. The highest BCUT2D eigenvalue weighted by Crippen LogP contribution is 2.29. The predicted molar refractivity (Wildman–Crippen MR) is 91.8 cm³/mol. The van der Waals surface area contributed by atoms with Gasteiger partial charge >= 0.3 is 5.97 Å². The van der Waals surface area contributed by atoms with Crippen LogP contribution in [0.15, 0.2) is 6.07 Å². The van der Waals surface area contributed by atoms with Crippen molar-refractivity contribution in [3.63, 3.8) is 0 Å². The third kappa shape index (κ3) is 4.49. The number of aryl methyl sites for hydroxylation is 2. The van der Waals surface area contributed by atoms with Gasteiger partial charge in [0.1, 0.15) is 6.04 Å². The number of thiophene rings is 1. The van der Waals surface area contributed by atoms with Gasteiger partial charge in [0.25, 0.3) is 5.91 Å². The molecule has 4 nitrogen and oxygen atoms in total. The van der Waals surface area contributed by atoms with Crippen LogP contribution in [0.2, 0.25) is 0 Å². The lowest BCUT2D eigenvalue weighted by Gasteiger charge is -2.15. The third-order valence-corrected chi connectivity index (χ3v) is 5.75. The van der Waals surface area contributed by atoms with E-state index >= 15 is 0 Å². The highest BCUT2D eigenvalue weighted by atomic mass is 32.2. The lowest BCUT2D eigenvalue weighted by Crippen LogP contribution is -2.41. The lowest BCUT2D eigenvalue weighted by atomic mass is 10.1. The number of esters is 1. The van der Waals surface area contributed by atoms with E-state index in [4.69, 9.17) is 4.74 Å². The number of ether oxygens (including phenoxy) is 1. The van der Waals surface area contributed by atoms with E-state index in [9.17, 15) is 9.59 Å². The average Bonchev–Trinajstić information content (AvgIpc) is 2.81. The zero-order valence-corrected chi connectivity index (χ0v) is 14.8. The minimum absolute atomic E-state index is 0.158. The first kappa shape index (κ1) is 17.3. The molecular formula is C16H23NO3S2. The van der Waals surface area contributed by atoms with E-state index in [1.165, 1.54) is 36.8 Å². The molecular weight excluding hydrogens is 318 g/mol. The van der Waals surface area contributed by atoms with Gasteiger partial charge in [0, 0.05) is 4.88 Å². The molecule has 6 heteroatoms. The summed E-state index contributed by atoms with van der Waals surface area (Å²) in [5.41, 5.74) is 1.31. The molecule has 0 aliphatic heterocycles. The molecule has 1 aliphatic carbocycles. The van der Waals surface area contributed by atoms with Gasteiger partial charge in [-0.1, -0.05) is 6.42 Å². The fraction of sp³-hybridized carbons (Fsp3) is 0.625. The number of amides is 1. The van der Waals surface area contributed by atoms with Gasteiger partial charge in [-0.3, -0.25) is 4.79 Å². The zero-order chi connectivity index (χ0) is 15.9. The highest BCUT2D eigenvalue weighted by molar-refractivity contribution is 7.98. The minimum Gasteiger partial charge on any atom is -0.467 e. The second kappa shape index (κ2) is 8.58. The smallest absolute Gasteiger partial charge is 0.328 e. The van der Waals surface area contributed by atoms with Crippen molar-refractivity contribution in [3.05, 3.63) is 21.4 Å². The Bertz CT molecular complexity index is 504. The standard InChI is InChI=1S/C16H23NO3S2/c1-20-16(19)12(8-9-21-2)17-15(18)14-10-11-6-4-3-5-7-13(11)22-14/h10,12H,3-9H2,1-2H3,(H,17,18)/t12-/m1/s1. The molecule has 0 spiro atoms. The van der Waals surface area contributed by atoms with Crippen molar-refractivity contribution in [1.82, 2.24) is 5.32 Å². The normalized spacial score (nSPS) is 15.5. The van der Waals surface area contributed by atoms with Crippen molar-refractivity contribution < 1.29 is 14.3 Å². The summed E-state index contributed by atoms with van der Waals surface area (Å²) < 4.78 is 4.78. The molecule has 0 bridgehead atoms. The lowest BCUT2D eigenvalue weighted by molar-refractivity contribution is -0.142. The van der Waals surface area contributed by atoms with Crippen LogP contribution in [0.3, 0.4) is 0 Å². The maximum Gasteiger partial charge on any atom is 0.328 e. The van der Waals surface area contributed by atoms with Crippen LogP contribution in [0.1, 0.15) is 45.8 Å². The molecule has 1 aromatic heterocycles. The van der Waals surface area contributed by atoms with Crippen LogP contribution in [0.25, 0.3) is 0 Å². The topological polar surface area (TPSA) is 55.4 Å². The average molecular weight is 341 g/mol. The summed E-state index contributed by atoms with van der Waals surface area (Å²) in [5.74, 6) is 0.274. The Morgan fingerprint density at radius 1 is 1.36 bits per heavy atom. The van der Waals surface area contributed by atoms with Crippen LogP contribution in [0.4, 0.5) is 0 Å². The summed E-state index contributed by atoms with van der Waals surface area (Å²) in [6.45, 7) is 0. The number of thioether (sulfide) groups is 1. The first-order chi connectivity index (χ1) is 10.7. The van der Waals surface area contributed by atoms with E-state index in [0.29, 0.717) is 11.3 Å². The van der Waals surface area contributed by atoms with Gasteiger partial charge in [0.15, 0.2) is 0 Å². The molecule has 22 heavy (non-hydrogen) atoms. The van der Waals surface area contributed by atoms with E-state index in [-0.39, 0.29) is 11.9 Å². The number of carbonyl (C=O) groups is 2. The molecule has 0 radical (unpaired) electrons. The first-order valence-corrected chi connectivity index (χ1v) is 9.86. The first-order valence-electron chi connectivity index (χ1n) is 7.65. The monoisotopic (exact) mass is 341 g/mol. The summed E-state index contributed by atoms with van der Waals surface area (Å²) in [5, 5.41) is 2.83. The number of hydrogen-bond acceptors (Lipinski definition) is 5. The Hall–Kier alpha value is -1.01. The van der Waals surface area contributed by atoms with Gasteiger partial charge in [-0.2, -0.15) is 11.8 Å². The summed E-state index contributed by atoms with van der Waals surface area (Å²) in [6, 6.07) is 1.44. The van der Waals surface area contributed by atoms with Gasteiger partial charge in [-0.25, -0.2) is 4.79 Å². The van der Waals surface area contributed by atoms with Crippen molar-refractivity contribution in [2.75, 3.05) is 19.1 Å². The maximum absolute atomic E-state index is 12.4. The molecule has 0 saturated carbocycles. The summed E-state index contributed by atoms with van der Waals surface area (Å²) >= 11 is 3.22. The Morgan fingerprint density at radius 3 is 2.86 bits per heavy atom.